The SMILES string of the molecule is BNC1CCN(C(C)CC)CC1. The van der Waals surface area contributed by atoms with Crippen molar-refractivity contribution in [2.24, 2.45) is 0 Å². The van der Waals surface area contributed by atoms with E-state index in [1.807, 2.05) is 0 Å². The van der Waals surface area contributed by atoms with Gasteiger partial charge in [0.25, 0.3) is 0 Å². The molecule has 0 radical (unpaired) electrons. The largest absolute Gasteiger partial charge is 0.359 e. The fourth-order valence-electron chi connectivity index (χ4n) is 1.89. The first-order chi connectivity index (χ1) is 5.77. The van der Waals surface area contributed by atoms with Crippen LogP contribution in [0.15, 0.2) is 0 Å². The van der Waals surface area contributed by atoms with E-state index >= 15 is 0 Å². The number of piperidine rings is 1. The number of likely N-dealkylation sites (tertiary alicyclic amines) is 1. The Kier molecular flexibility index (Phi) is 4.09. The monoisotopic (exact) mass is 168 g/mol. The summed E-state index contributed by atoms with van der Waals surface area (Å²) in [5.74, 6) is 0. The van der Waals surface area contributed by atoms with E-state index in [-0.39, 0.29) is 0 Å². The van der Waals surface area contributed by atoms with E-state index in [2.05, 4.69) is 32.0 Å². The predicted molar refractivity (Wildman–Crippen MR) is 56.0 cm³/mol. The molecular weight excluding hydrogens is 147 g/mol. The van der Waals surface area contributed by atoms with Crippen molar-refractivity contribution in [2.45, 2.75) is 45.2 Å². The van der Waals surface area contributed by atoms with E-state index in [0.717, 1.165) is 12.1 Å². The van der Waals surface area contributed by atoms with E-state index in [1.54, 1.807) is 0 Å². The van der Waals surface area contributed by atoms with E-state index in [1.165, 1.54) is 32.4 Å². The van der Waals surface area contributed by atoms with E-state index in [0.29, 0.717) is 0 Å². The fraction of sp³-hybridized carbons (Fsp3) is 1.00. The zero-order chi connectivity index (χ0) is 8.97. The first kappa shape index (κ1) is 10.1. The van der Waals surface area contributed by atoms with E-state index in [9.17, 15) is 0 Å². The molecule has 0 amide bonds. The van der Waals surface area contributed by atoms with Gasteiger partial charge >= 0.3 is 0 Å². The molecule has 12 heavy (non-hydrogen) atoms. The number of hydrogen-bond acceptors (Lipinski definition) is 2. The highest BCUT2D eigenvalue weighted by atomic mass is 15.2. The van der Waals surface area contributed by atoms with Crippen molar-refractivity contribution in [2.75, 3.05) is 13.1 Å². The average Bonchev–Trinajstić information content (AvgIpc) is 2.17. The van der Waals surface area contributed by atoms with Gasteiger partial charge in [-0.2, -0.15) is 0 Å². The second-order valence-corrected chi connectivity index (χ2v) is 3.86. The van der Waals surface area contributed by atoms with Gasteiger partial charge in [-0.3, -0.25) is 0 Å². The van der Waals surface area contributed by atoms with Crippen molar-refractivity contribution in [1.82, 2.24) is 10.1 Å². The van der Waals surface area contributed by atoms with Crippen LogP contribution in [-0.4, -0.2) is 38.1 Å². The molecule has 3 heteroatoms. The van der Waals surface area contributed by atoms with Gasteiger partial charge in [0, 0.05) is 6.04 Å². The molecule has 0 aliphatic carbocycles. The van der Waals surface area contributed by atoms with Gasteiger partial charge in [-0.05, 0) is 45.3 Å². The summed E-state index contributed by atoms with van der Waals surface area (Å²) in [4.78, 5) is 2.60. The maximum Gasteiger partial charge on any atom is 0.182 e. The minimum absolute atomic E-state index is 0.769. The molecule has 1 fully saturated rings. The molecule has 0 saturated carbocycles. The lowest BCUT2D eigenvalue weighted by atomic mass is 10.0. The Morgan fingerprint density at radius 1 is 1.50 bits per heavy atom. The van der Waals surface area contributed by atoms with E-state index in [4.69, 9.17) is 0 Å². The van der Waals surface area contributed by atoms with Crippen molar-refractivity contribution >= 4 is 7.98 Å². The number of nitrogens with zero attached hydrogens (tertiary/aromatic N) is 1. The molecule has 2 nitrogen and oxygen atoms in total. The predicted octanol–water partition coefficient (Wildman–Crippen LogP) is 0.387. The second kappa shape index (κ2) is 4.88. The van der Waals surface area contributed by atoms with Crippen LogP contribution >= 0.6 is 0 Å². The smallest absolute Gasteiger partial charge is 0.182 e. The lowest BCUT2D eigenvalue weighted by molar-refractivity contribution is 0.155. The minimum Gasteiger partial charge on any atom is -0.359 e. The summed E-state index contributed by atoms with van der Waals surface area (Å²) in [5.41, 5.74) is 0. The van der Waals surface area contributed by atoms with Gasteiger partial charge in [0.15, 0.2) is 7.98 Å². The van der Waals surface area contributed by atoms with Gasteiger partial charge in [-0.1, -0.05) is 6.92 Å². The summed E-state index contributed by atoms with van der Waals surface area (Å²) in [5, 5.41) is 3.35. The van der Waals surface area contributed by atoms with Gasteiger partial charge in [0.05, 0.1) is 0 Å². The Hall–Kier alpha value is -0.0151. The van der Waals surface area contributed by atoms with Crippen LogP contribution in [-0.2, 0) is 0 Å². The highest BCUT2D eigenvalue weighted by Gasteiger charge is 2.19. The Morgan fingerprint density at radius 3 is 2.50 bits per heavy atom. The topological polar surface area (TPSA) is 15.3 Å². The van der Waals surface area contributed by atoms with Crippen molar-refractivity contribution < 1.29 is 0 Å². The Morgan fingerprint density at radius 2 is 2.08 bits per heavy atom. The molecule has 1 unspecified atom stereocenters. The van der Waals surface area contributed by atoms with Crippen LogP contribution in [0.2, 0.25) is 0 Å². The molecule has 0 aromatic rings. The summed E-state index contributed by atoms with van der Waals surface area (Å²) in [6.45, 7) is 7.16. The first-order valence-corrected chi connectivity index (χ1v) is 5.19. The third-order valence-electron chi connectivity index (χ3n) is 3.15. The summed E-state index contributed by atoms with van der Waals surface area (Å²) in [6, 6.07) is 1.55. The van der Waals surface area contributed by atoms with Crippen LogP contribution in [0.4, 0.5) is 0 Å². The first-order valence-electron chi connectivity index (χ1n) is 5.19. The van der Waals surface area contributed by atoms with Gasteiger partial charge in [0.2, 0.25) is 0 Å². The molecule has 0 aromatic carbocycles. The zero-order valence-corrected chi connectivity index (χ0v) is 8.64. The van der Waals surface area contributed by atoms with Crippen LogP contribution in [0.5, 0.6) is 0 Å². The standard InChI is InChI=1S/C9H21BN2/c1-3-8(2)12-6-4-9(11-10)5-7-12/h8-9,11H,3-7,10H2,1-2H3. The van der Waals surface area contributed by atoms with Crippen LogP contribution in [0.25, 0.3) is 0 Å². The highest BCUT2D eigenvalue weighted by molar-refractivity contribution is 6.04. The van der Waals surface area contributed by atoms with Crippen molar-refractivity contribution in [1.29, 1.82) is 0 Å². The number of nitrogens with one attached hydrogen (secondary N) is 1. The van der Waals surface area contributed by atoms with E-state index < -0.39 is 0 Å². The molecular formula is C9H21BN2. The molecule has 1 aliphatic heterocycles. The summed E-state index contributed by atoms with van der Waals surface area (Å²) in [6.07, 6.45) is 3.92. The van der Waals surface area contributed by atoms with Crippen molar-refractivity contribution in [3.05, 3.63) is 0 Å². The quantitative estimate of drug-likeness (QED) is 0.613. The average molecular weight is 168 g/mol. The molecule has 0 aromatic heterocycles. The molecule has 1 N–H and O–H groups in total. The van der Waals surface area contributed by atoms with Crippen molar-refractivity contribution in [3.8, 4) is 0 Å². The molecule has 1 rings (SSSR count). The summed E-state index contributed by atoms with van der Waals surface area (Å²) >= 11 is 0. The van der Waals surface area contributed by atoms with Gasteiger partial charge < -0.3 is 10.1 Å². The minimum atomic E-state index is 0.769. The van der Waals surface area contributed by atoms with Crippen LogP contribution < -0.4 is 5.23 Å². The Labute approximate surface area is 77.1 Å². The van der Waals surface area contributed by atoms with Gasteiger partial charge in [-0.15, -0.1) is 0 Å². The van der Waals surface area contributed by atoms with Crippen LogP contribution in [0, 0.1) is 0 Å². The molecule has 1 heterocycles. The van der Waals surface area contributed by atoms with Gasteiger partial charge in [0.1, 0.15) is 0 Å². The molecule has 1 atom stereocenters. The number of hydrogen-bond donors (Lipinski definition) is 1. The maximum absolute atomic E-state index is 3.35. The number of rotatable bonds is 3. The van der Waals surface area contributed by atoms with Crippen LogP contribution in [0.3, 0.4) is 0 Å². The second-order valence-electron chi connectivity index (χ2n) is 3.86. The highest BCUT2D eigenvalue weighted by Crippen LogP contribution is 2.13. The molecule has 0 bridgehead atoms. The summed E-state index contributed by atoms with van der Waals surface area (Å²) in [7, 11) is 2.07. The Balaban J connectivity index is 2.25. The molecule has 1 aliphatic rings. The fourth-order valence-corrected chi connectivity index (χ4v) is 1.89. The maximum atomic E-state index is 3.35. The Bertz CT molecular complexity index is 122. The third kappa shape index (κ3) is 2.49. The normalized spacial score (nSPS) is 24.2. The van der Waals surface area contributed by atoms with Crippen LogP contribution in [0.1, 0.15) is 33.1 Å². The molecule has 70 valence electrons. The zero-order valence-electron chi connectivity index (χ0n) is 8.64. The molecule has 0 spiro atoms. The van der Waals surface area contributed by atoms with Crippen molar-refractivity contribution in [3.63, 3.8) is 0 Å². The lowest BCUT2D eigenvalue weighted by Crippen LogP contribution is -2.45. The third-order valence-corrected chi connectivity index (χ3v) is 3.15. The lowest BCUT2D eigenvalue weighted by Gasteiger charge is -2.35. The van der Waals surface area contributed by atoms with Gasteiger partial charge in [-0.25, -0.2) is 0 Å². The summed E-state index contributed by atoms with van der Waals surface area (Å²) < 4.78 is 0. The molecule has 1 saturated heterocycles.